The summed E-state index contributed by atoms with van der Waals surface area (Å²) in [5.74, 6) is 6.24. The summed E-state index contributed by atoms with van der Waals surface area (Å²) in [6, 6.07) is 2.55. The lowest BCUT2D eigenvalue weighted by atomic mass is 9.82. The molecule has 0 saturated heterocycles. The lowest BCUT2D eigenvalue weighted by Crippen LogP contribution is -2.39. The third kappa shape index (κ3) is 2.37. The van der Waals surface area contributed by atoms with Gasteiger partial charge < -0.3 is 0 Å². The number of hydrogen-bond acceptors (Lipinski definition) is 3. The molecule has 1 aromatic rings. The number of rotatable bonds is 3. The zero-order chi connectivity index (χ0) is 11.5. The van der Waals surface area contributed by atoms with Crippen LogP contribution >= 0.6 is 11.3 Å². The number of hydrazine groups is 1. The average molecular weight is 236 g/mol. The molecular weight excluding hydrogens is 216 g/mol. The normalized spacial score (nSPS) is 21.3. The number of aryl methyl sites for hydroxylation is 1. The van der Waals surface area contributed by atoms with Gasteiger partial charge in [0.15, 0.2) is 0 Å². The van der Waals surface area contributed by atoms with Gasteiger partial charge in [0.25, 0.3) is 0 Å². The van der Waals surface area contributed by atoms with Gasteiger partial charge in [0.2, 0.25) is 0 Å². The van der Waals surface area contributed by atoms with Crippen molar-refractivity contribution < 1.29 is 0 Å². The van der Waals surface area contributed by atoms with Crippen molar-refractivity contribution in [3.63, 3.8) is 0 Å². The minimum Gasteiger partial charge on any atom is -0.271 e. The van der Waals surface area contributed by atoms with Crippen LogP contribution in [0.3, 0.4) is 0 Å². The Morgan fingerprint density at radius 2 is 2.44 bits per heavy atom. The second-order valence-electron chi connectivity index (χ2n) is 4.73. The molecule has 88 valence electrons. The second kappa shape index (κ2) is 5.13. The first-order chi connectivity index (χ1) is 7.72. The molecule has 1 heterocycles. The van der Waals surface area contributed by atoms with Gasteiger partial charge in [-0.25, -0.2) is 0 Å². The molecule has 0 bridgehead atoms. The van der Waals surface area contributed by atoms with E-state index in [1.54, 1.807) is 4.88 Å². The SMILES string of the molecule is CC(C)=CC(NN)C1CCCc2sccc21. The molecule has 2 nitrogen and oxygen atoms in total. The van der Waals surface area contributed by atoms with Gasteiger partial charge in [0.1, 0.15) is 0 Å². The lowest BCUT2D eigenvalue weighted by Gasteiger charge is -2.28. The number of fused-ring (bicyclic) bond motifs is 1. The van der Waals surface area contributed by atoms with Crippen molar-refractivity contribution >= 4 is 11.3 Å². The molecule has 2 atom stereocenters. The Hall–Kier alpha value is -0.640. The van der Waals surface area contributed by atoms with Crippen molar-refractivity contribution in [2.75, 3.05) is 0 Å². The van der Waals surface area contributed by atoms with Crippen molar-refractivity contribution in [1.82, 2.24) is 5.43 Å². The van der Waals surface area contributed by atoms with E-state index in [0.29, 0.717) is 5.92 Å². The van der Waals surface area contributed by atoms with E-state index in [1.807, 2.05) is 11.3 Å². The van der Waals surface area contributed by atoms with Gasteiger partial charge in [-0.05, 0) is 50.1 Å². The number of thiophene rings is 1. The Morgan fingerprint density at radius 1 is 1.62 bits per heavy atom. The van der Waals surface area contributed by atoms with E-state index in [9.17, 15) is 0 Å². The molecule has 0 aliphatic heterocycles. The summed E-state index contributed by atoms with van der Waals surface area (Å²) in [6.45, 7) is 4.25. The third-order valence-electron chi connectivity index (χ3n) is 3.24. The molecule has 0 saturated carbocycles. The minimum absolute atomic E-state index is 0.277. The van der Waals surface area contributed by atoms with Crippen LogP contribution in [0.15, 0.2) is 23.1 Å². The van der Waals surface area contributed by atoms with Crippen LogP contribution in [-0.4, -0.2) is 6.04 Å². The third-order valence-corrected chi connectivity index (χ3v) is 4.23. The summed E-state index contributed by atoms with van der Waals surface area (Å²) in [7, 11) is 0. The molecule has 2 unspecified atom stereocenters. The van der Waals surface area contributed by atoms with Gasteiger partial charge in [-0.2, -0.15) is 0 Å². The second-order valence-corrected chi connectivity index (χ2v) is 5.73. The fourth-order valence-corrected chi connectivity index (χ4v) is 3.53. The highest BCUT2D eigenvalue weighted by atomic mass is 32.1. The first kappa shape index (κ1) is 11.8. The molecule has 3 heteroatoms. The van der Waals surface area contributed by atoms with Crippen LogP contribution in [0.2, 0.25) is 0 Å². The van der Waals surface area contributed by atoms with E-state index < -0.39 is 0 Å². The highest BCUT2D eigenvalue weighted by Gasteiger charge is 2.26. The summed E-state index contributed by atoms with van der Waals surface area (Å²) in [4.78, 5) is 1.55. The van der Waals surface area contributed by atoms with Crippen molar-refractivity contribution in [3.8, 4) is 0 Å². The van der Waals surface area contributed by atoms with E-state index in [2.05, 4.69) is 36.8 Å². The Bertz CT molecular complexity index is 377. The number of nitrogens with two attached hydrogens (primary N) is 1. The van der Waals surface area contributed by atoms with Crippen molar-refractivity contribution in [2.24, 2.45) is 5.84 Å². The predicted molar refractivity (Wildman–Crippen MR) is 70.5 cm³/mol. The minimum atomic E-state index is 0.277. The highest BCUT2D eigenvalue weighted by Crippen LogP contribution is 2.37. The first-order valence-electron chi connectivity index (χ1n) is 5.90. The molecule has 1 aliphatic carbocycles. The Morgan fingerprint density at radius 3 is 3.12 bits per heavy atom. The summed E-state index contributed by atoms with van der Waals surface area (Å²) in [5.41, 5.74) is 5.80. The van der Waals surface area contributed by atoms with Crippen LogP contribution in [0.5, 0.6) is 0 Å². The molecule has 0 radical (unpaired) electrons. The maximum absolute atomic E-state index is 5.69. The molecule has 0 aromatic carbocycles. The first-order valence-corrected chi connectivity index (χ1v) is 6.77. The highest BCUT2D eigenvalue weighted by molar-refractivity contribution is 7.10. The van der Waals surface area contributed by atoms with Gasteiger partial charge in [-0.15, -0.1) is 11.3 Å². The Balaban J connectivity index is 2.25. The van der Waals surface area contributed by atoms with Crippen LogP contribution in [0.25, 0.3) is 0 Å². The molecular formula is C13H20N2S. The summed E-state index contributed by atoms with van der Waals surface area (Å²) < 4.78 is 0. The van der Waals surface area contributed by atoms with E-state index in [4.69, 9.17) is 5.84 Å². The smallest absolute Gasteiger partial charge is 0.0461 e. The fourth-order valence-electron chi connectivity index (χ4n) is 2.53. The zero-order valence-corrected chi connectivity index (χ0v) is 10.8. The maximum atomic E-state index is 5.69. The lowest BCUT2D eigenvalue weighted by molar-refractivity contribution is 0.453. The molecule has 0 fully saturated rings. The zero-order valence-electron chi connectivity index (χ0n) is 9.99. The van der Waals surface area contributed by atoms with E-state index in [0.717, 1.165) is 0 Å². The van der Waals surface area contributed by atoms with Gasteiger partial charge in [0, 0.05) is 16.8 Å². The Kier molecular flexibility index (Phi) is 3.79. The maximum Gasteiger partial charge on any atom is 0.0461 e. The predicted octanol–water partition coefficient (Wildman–Crippen LogP) is 2.97. The van der Waals surface area contributed by atoms with Gasteiger partial charge >= 0.3 is 0 Å². The van der Waals surface area contributed by atoms with Crippen LogP contribution in [-0.2, 0) is 6.42 Å². The largest absolute Gasteiger partial charge is 0.271 e. The number of nitrogens with one attached hydrogen (secondary N) is 1. The van der Waals surface area contributed by atoms with Gasteiger partial charge in [-0.3, -0.25) is 11.3 Å². The van der Waals surface area contributed by atoms with Crippen molar-refractivity contribution in [2.45, 2.75) is 45.1 Å². The molecule has 1 aliphatic rings. The number of allylic oxidation sites excluding steroid dienone is 1. The van der Waals surface area contributed by atoms with Crippen LogP contribution in [0, 0.1) is 0 Å². The van der Waals surface area contributed by atoms with Crippen LogP contribution in [0.4, 0.5) is 0 Å². The molecule has 1 aromatic heterocycles. The summed E-state index contributed by atoms with van der Waals surface area (Å²) in [5, 5.41) is 2.21. The summed E-state index contributed by atoms with van der Waals surface area (Å²) >= 11 is 1.89. The standard InChI is InChI=1S/C13H20N2S/c1-9(2)8-12(15-14)10-4-3-5-13-11(10)6-7-16-13/h6-8,10,12,15H,3-5,14H2,1-2H3. The van der Waals surface area contributed by atoms with Crippen molar-refractivity contribution in [3.05, 3.63) is 33.5 Å². The van der Waals surface area contributed by atoms with Crippen LogP contribution < -0.4 is 11.3 Å². The van der Waals surface area contributed by atoms with E-state index in [1.165, 1.54) is 30.4 Å². The molecule has 3 N–H and O–H groups in total. The van der Waals surface area contributed by atoms with Gasteiger partial charge in [-0.1, -0.05) is 11.6 Å². The van der Waals surface area contributed by atoms with E-state index >= 15 is 0 Å². The monoisotopic (exact) mass is 236 g/mol. The topological polar surface area (TPSA) is 38.0 Å². The summed E-state index contributed by atoms with van der Waals surface area (Å²) in [6.07, 6.45) is 6.02. The van der Waals surface area contributed by atoms with Gasteiger partial charge in [0.05, 0.1) is 0 Å². The van der Waals surface area contributed by atoms with Crippen LogP contribution in [0.1, 0.15) is 43.0 Å². The molecule has 0 amide bonds. The average Bonchev–Trinajstić information content (AvgIpc) is 2.73. The van der Waals surface area contributed by atoms with E-state index in [-0.39, 0.29) is 6.04 Å². The Labute approximate surface area is 102 Å². The fraction of sp³-hybridized carbons (Fsp3) is 0.538. The molecule has 2 rings (SSSR count). The molecule has 16 heavy (non-hydrogen) atoms. The van der Waals surface area contributed by atoms with Crippen molar-refractivity contribution in [1.29, 1.82) is 0 Å². The quantitative estimate of drug-likeness (QED) is 0.481. The molecule has 0 spiro atoms. The number of hydrogen-bond donors (Lipinski definition) is 2.